The topological polar surface area (TPSA) is 24.9 Å². The number of halogens is 1. The molecule has 0 bridgehead atoms. The highest BCUT2D eigenvalue weighted by atomic mass is 79.9. The molecule has 0 aliphatic carbocycles. The average molecular weight is 351 g/mol. The standard InChI is InChI=1S/C16H19BrN2S/c1-3-19-16(15-10-18-8-7-12(15)2)11-20-14-6-4-5-13(17)9-14/h4-10,16,19H,3,11H2,1-2H3. The smallest absolute Gasteiger partial charge is 0.0433 e. The van der Waals surface area contributed by atoms with Gasteiger partial charge in [-0.2, -0.15) is 0 Å². The van der Waals surface area contributed by atoms with Crippen LogP contribution in [0.3, 0.4) is 0 Å². The maximum Gasteiger partial charge on any atom is 0.0433 e. The number of nitrogens with zero attached hydrogens (tertiary/aromatic N) is 1. The van der Waals surface area contributed by atoms with Crippen molar-refractivity contribution in [1.82, 2.24) is 10.3 Å². The summed E-state index contributed by atoms with van der Waals surface area (Å²) < 4.78 is 1.13. The summed E-state index contributed by atoms with van der Waals surface area (Å²) in [6.07, 6.45) is 3.83. The molecular weight excluding hydrogens is 332 g/mol. The van der Waals surface area contributed by atoms with Crippen LogP contribution in [-0.2, 0) is 0 Å². The van der Waals surface area contributed by atoms with Crippen molar-refractivity contribution in [2.45, 2.75) is 24.8 Å². The summed E-state index contributed by atoms with van der Waals surface area (Å²) in [5.41, 5.74) is 2.58. The Morgan fingerprint density at radius 2 is 2.20 bits per heavy atom. The van der Waals surface area contributed by atoms with Crippen molar-refractivity contribution >= 4 is 27.7 Å². The van der Waals surface area contributed by atoms with E-state index < -0.39 is 0 Å². The van der Waals surface area contributed by atoms with E-state index in [1.54, 1.807) is 0 Å². The molecule has 1 atom stereocenters. The Hall–Kier alpha value is -0.840. The summed E-state index contributed by atoms with van der Waals surface area (Å²) in [6.45, 7) is 5.24. The van der Waals surface area contributed by atoms with E-state index >= 15 is 0 Å². The van der Waals surface area contributed by atoms with Crippen LogP contribution >= 0.6 is 27.7 Å². The average Bonchev–Trinajstić information content (AvgIpc) is 2.44. The zero-order chi connectivity index (χ0) is 14.4. The second-order valence-corrected chi connectivity index (χ2v) is 6.62. The molecule has 0 fully saturated rings. The Balaban J connectivity index is 2.08. The molecule has 0 spiro atoms. The molecule has 0 aliphatic heterocycles. The lowest BCUT2D eigenvalue weighted by molar-refractivity contribution is 0.601. The minimum absolute atomic E-state index is 0.331. The molecular formula is C16H19BrN2S. The zero-order valence-corrected chi connectivity index (χ0v) is 14.2. The first-order valence-corrected chi connectivity index (χ1v) is 8.51. The highest BCUT2D eigenvalue weighted by Crippen LogP contribution is 2.27. The SMILES string of the molecule is CCNC(CSc1cccc(Br)c1)c1cnccc1C. The van der Waals surface area contributed by atoms with Gasteiger partial charge >= 0.3 is 0 Å². The van der Waals surface area contributed by atoms with Crippen LogP contribution < -0.4 is 5.32 Å². The number of hydrogen-bond donors (Lipinski definition) is 1. The molecule has 2 aromatic rings. The van der Waals surface area contributed by atoms with Gasteiger partial charge in [0.1, 0.15) is 0 Å². The summed E-state index contributed by atoms with van der Waals surface area (Å²) in [7, 11) is 0. The predicted octanol–water partition coefficient (Wildman–Crippen LogP) is 4.60. The number of hydrogen-bond acceptors (Lipinski definition) is 3. The summed E-state index contributed by atoms with van der Waals surface area (Å²) >= 11 is 5.38. The van der Waals surface area contributed by atoms with Crippen molar-refractivity contribution in [3.8, 4) is 0 Å². The molecule has 0 saturated carbocycles. The van der Waals surface area contributed by atoms with Gasteiger partial charge in [-0.1, -0.05) is 28.9 Å². The predicted molar refractivity (Wildman–Crippen MR) is 90.3 cm³/mol. The molecule has 2 nitrogen and oxygen atoms in total. The van der Waals surface area contributed by atoms with E-state index in [0.717, 1.165) is 16.8 Å². The number of benzene rings is 1. The van der Waals surface area contributed by atoms with Crippen LogP contribution in [0, 0.1) is 6.92 Å². The number of rotatable bonds is 6. The van der Waals surface area contributed by atoms with Crippen LogP contribution in [0.5, 0.6) is 0 Å². The van der Waals surface area contributed by atoms with E-state index in [1.165, 1.54) is 16.0 Å². The monoisotopic (exact) mass is 350 g/mol. The molecule has 4 heteroatoms. The van der Waals surface area contributed by atoms with Gasteiger partial charge in [0.2, 0.25) is 0 Å². The van der Waals surface area contributed by atoms with Crippen molar-refractivity contribution in [3.63, 3.8) is 0 Å². The third kappa shape index (κ3) is 4.33. The van der Waals surface area contributed by atoms with E-state index in [0.29, 0.717) is 6.04 Å². The summed E-state index contributed by atoms with van der Waals surface area (Å²) in [5, 5.41) is 3.55. The molecule has 0 aliphatic rings. The molecule has 0 radical (unpaired) electrons. The Morgan fingerprint density at radius 1 is 1.35 bits per heavy atom. The fourth-order valence-corrected chi connectivity index (χ4v) is 3.67. The lowest BCUT2D eigenvalue weighted by atomic mass is 10.1. The third-order valence-corrected chi connectivity index (χ3v) is 4.70. The maximum atomic E-state index is 4.26. The number of thioether (sulfide) groups is 1. The highest BCUT2D eigenvalue weighted by Gasteiger charge is 2.13. The van der Waals surface area contributed by atoms with Gasteiger partial charge in [-0.25, -0.2) is 0 Å². The van der Waals surface area contributed by atoms with Crippen LogP contribution in [0.2, 0.25) is 0 Å². The molecule has 1 aromatic heterocycles. The van der Waals surface area contributed by atoms with Gasteiger partial charge in [0, 0.05) is 33.6 Å². The van der Waals surface area contributed by atoms with Crippen molar-refractivity contribution < 1.29 is 0 Å². The molecule has 106 valence electrons. The fraction of sp³-hybridized carbons (Fsp3) is 0.312. The first kappa shape index (κ1) is 15.5. The third-order valence-electron chi connectivity index (χ3n) is 3.12. The van der Waals surface area contributed by atoms with Gasteiger partial charge < -0.3 is 5.32 Å². The number of pyridine rings is 1. The second kappa shape index (κ2) is 7.81. The van der Waals surface area contributed by atoms with Crippen LogP contribution in [0.4, 0.5) is 0 Å². The van der Waals surface area contributed by atoms with E-state index in [2.05, 4.69) is 70.4 Å². The number of aryl methyl sites for hydroxylation is 1. The van der Waals surface area contributed by atoms with E-state index in [9.17, 15) is 0 Å². The Morgan fingerprint density at radius 3 is 2.90 bits per heavy atom. The largest absolute Gasteiger partial charge is 0.309 e. The quantitative estimate of drug-likeness (QED) is 0.770. The summed E-state index contributed by atoms with van der Waals surface area (Å²) in [6, 6.07) is 10.8. The van der Waals surface area contributed by atoms with Crippen LogP contribution in [-0.4, -0.2) is 17.3 Å². The van der Waals surface area contributed by atoms with Crippen molar-refractivity contribution in [3.05, 3.63) is 58.3 Å². The molecule has 1 N–H and O–H groups in total. The summed E-state index contributed by atoms with van der Waals surface area (Å²) in [5.74, 6) is 0.997. The van der Waals surface area contributed by atoms with Crippen LogP contribution in [0.15, 0.2) is 52.1 Å². The fourth-order valence-electron chi connectivity index (χ4n) is 2.08. The summed E-state index contributed by atoms with van der Waals surface area (Å²) in [4.78, 5) is 5.54. The van der Waals surface area contributed by atoms with Gasteiger partial charge in [-0.15, -0.1) is 11.8 Å². The zero-order valence-electron chi connectivity index (χ0n) is 11.8. The van der Waals surface area contributed by atoms with E-state index in [1.807, 2.05) is 24.2 Å². The van der Waals surface area contributed by atoms with Gasteiger partial charge in [0.15, 0.2) is 0 Å². The van der Waals surface area contributed by atoms with E-state index in [-0.39, 0.29) is 0 Å². The highest BCUT2D eigenvalue weighted by molar-refractivity contribution is 9.10. The molecule has 2 rings (SSSR count). The van der Waals surface area contributed by atoms with Gasteiger partial charge in [0.05, 0.1) is 0 Å². The van der Waals surface area contributed by atoms with Gasteiger partial charge in [-0.05, 0) is 48.9 Å². The maximum absolute atomic E-state index is 4.26. The molecule has 0 saturated heterocycles. The Kier molecular flexibility index (Phi) is 6.07. The number of aromatic nitrogens is 1. The molecule has 1 heterocycles. The van der Waals surface area contributed by atoms with Crippen molar-refractivity contribution in [1.29, 1.82) is 0 Å². The van der Waals surface area contributed by atoms with Crippen LogP contribution in [0.25, 0.3) is 0 Å². The van der Waals surface area contributed by atoms with Crippen molar-refractivity contribution in [2.24, 2.45) is 0 Å². The second-order valence-electron chi connectivity index (χ2n) is 4.61. The first-order chi connectivity index (χ1) is 9.70. The van der Waals surface area contributed by atoms with Gasteiger partial charge in [0.25, 0.3) is 0 Å². The van der Waals surface area contributed by atoms with E-state index in [4.69, 9.17) is 0 Å². The number of nitrogens with one attached hydrogen (secondary N) is 1. The lowest BCUT2D eigenvalue weighted by Crippen LogP contribution is -2.23. The Bertz CT molecular complexity index is 560. The first-order valence-electron chi connectivity index (χ1n) is 6.73. The molecule has 0 amide bonds. The van der Waals surface area contributed by atoms with Crippen molar-refractivity contribution in [2.75, 3.05) is 12.3 Å². The van der Waals surface area contributed by atoms with Crippen LogP contribution in [0.1, 0.15) is 24.1 Å². The molecule has 20 heavy (non-hydrogen) atoms. The Labute approximate surface area is 133 Å². The minimum atomic E-state index is 0.331. The minimum Gasteiger partial charge on any atom is -0.309 e. The van der Waals surface area contributed by atoms with Gasteiger partial charge in [-0.3, -0.25) is 4.98 Å². The molecule has 1 aromatic carbocycles. The lowest BCUT2D eigenvalue weighted by Gasteiger charge is -2.19. The molecule has 1 unspecified atom stereocenters. The normalized spacial score (nSPS) is 12.3.